The summed E-state index contributed by atoms with van der Waals surface area (Å²) < 4.78 is 0. The first kappa shape index (κ1) is 9.19. The van der Waals surface area contributed by atoms with Crippen molar-refractivity contribution in [1.82, 2.24) is 4.98 Å². The predicted molar refractivity (Wildman–Crippen MR) is 49.1 cm³/mol. The van der Waals surface area contributed by atoms with Crippen molar-refractivity contribution in [3.63, 3.8) is 0 Å². The predicted octanol–water partition coefficient (Wildman–Crippen LogP) is 1.04. The number of thiazole rings is 1. The lowest BCUT2D eigenvalue weighted by molar-refractivity contribution is -0.117. The molecule has 0 radical (unpaired) electrons. The van der Waals surface area contributed by atoms with E-state index in [2.05, 4.69) is 11.9 Å². The van der Waals surface area contributed by atoms with E-state index in [9.17, 15) is 4.79 Å². The fourth-order valence-corrected chi connectivity index (χ4v) is 2.07. The molecule has 0 spiro atoms. The summed E-state index contributed by atoms with van der Waals surface area (Å²) in [5.74, 6) is -0.314. The number of nitrogens with two attached hydrogens (primary N) is 1. The molecule has 4 heteroatoms. The van der Waals surface area contributed by atoms with E-state index >= 15 is 0 Å². The maximum Gasteiger partial charge on any atom is 0.224 e. The summed E-state index contributed by atoms with van der Waals surface area (Å²) in [5, 5.41) is 0.830. The zero-order chi connectivity index (χ0) is 9.14. The van der Waals surface area contributed by atoms with Gasteiger partial charge in [0.2, 0.25) is 5.91 Å². The Morgan fingerprint density at radius 3 is 2.75 bits per heavy atom. The van der Waals surface area contributed by atoms with Crippen molar-refractivity contribution in [2.24, 2.45) is 5.73 Å². The van der Waals surface area contributed by atoms with Crippen LogP contribution in [0.5, 0.6) is 0 Å². The first-order valence-corrected chi connectivity index (χ1v) is 4.68. The molecule has 3 nitrogen and oxygen atoms in total. The summed E-state index contributed by atoms with van der Waals surface area (Å²) in [4.78, 5) is 16.0. The molecule has 1 amide bonds. The van der Waals surface area contributed by atoms with E-state index in [0.717, 1.165) is 17.1 Å². The summed E-state index contributed by atoms with van der Waals surface area (Å²) in [7, 11) is 0. The molecule has 2 N–H and O–H groups in total. The lowest BCUT2D eigenvalue weighted by Crippen LogP contribution is -2.13. The monoisotopic (exact) mass is 184 g/mol. The van der Waals surface area contributed by atoms with Crippen LogP contribution < -0.4 is 5.73 Å². The zero-order valence-corrected chi connectivity index (χ0v) is 8.07. The quantitative estimate of drug-likeness (QED) is 0.763. The van der Waals surface area contributed by atoms with E-state index in [0.29, 0.717) is 0 Å². The molecule has 1 rings (SSSR count). The van der Waals surface area contributed by atoms with Crippen molar-refractivity contribution in [1.29, 1.82) is 0 Å². The van der Waals surface area contributed by atoms with Crippen LogP contribution in [0.25, 0.3) is 0 Å². The average molecular weight is 184 g/mol. The van der Waals surface area contributed by atoms with Gasteiger partial charge in [0.05, 0.1) is 12.1 Å². The van der Waals surface area contributed by atoms with Gasteiger partial charge in [-0.2, -0.15) is 0 Å². The van der Waals surface area contributed by atoms with Crippen LogP contribution >= 0.6 is 11.3 Å². The number of carbonyl (C=O) groups is 1. The number of aromatic nitrogens is 1. The number of nitrogens with zero attached hydrogens (tertiary/aromatic N) is 1. The number of hydrogen-bond acceptors (Lipinski definition) is 3. The maximum atomic E-state index is 10.6. The van der Waals surface area contributed by atoms with Crippen LogP contribution in [-0.2, 0) is 17.6 Å². The minimum Gasteiger partial charge on any atom is -0.369 e. The largest absolute Gasteiger partial charge is 0.369 e. The molecule has 0 saturated carbocycles. The molecular weight excluding hydrogens is 172 g/mol. The van der Waals surface area contributed by atoms with E-state index in [1.807, 2.05) is 6.92 Å². The van der Waals surface area contributed by atoms with E-state index < -0.39 is 0 Å². The van der Waals surface area contributed by atoms with Gasteiger partial charge in [-0.3, -0.25) is 4.79 Å². The number of primary amides is 1. The van der Waals surface area contributed by atoms with Crippen molar-refractivity contribution in [2.75, 3.05) is 0 Å². The molecule has 0 bridgehead atoms. The third kappa shape index (κ3) is 2.04. The standard InChI is InChI=1S/C8H12N2OS/c1-3-6-5(2)12-8(10-6)4-7(9)11/h3-4H2,1-2H3,(H2,9,11). The second-order valence-corrected chi connectivity index (χ2v) is 3.89. The van der Waals surface area contributed by atoms with Gasteiger partial charge < -0.3 is 5.73 Å². The molecular formula is C8H12N2OS. The number of carbonyl (C=O) groups excluding carboxylic acids is 1. The molecule has 12 heavy (non-hydrogen) atoms. The summed E-state index contributed by atoms with van der Waals surface area (Å²) in [6, 6.07) is 0. The molecule has 66 valence electrons. The SMILES string of the molecule is CCc1nc(CC(N)=O)sc1C. The highest BCUT2D eigenvalue weighted by Gasteiger charge is 2.07. The third-order valence-electron chi connectivity index (χ3n) is 1.60. The van der Waals surface area contributed by atoms with Gasteiger partial charge in [-0.05, 0) is 13.3 Å². The Balaban J connectivity index is 2.82. The fourth-order valence-electron chi connectivity index (χ4n) is 1.04. The normalized spacial score (nSPS) is 10.2. The maximum absolute atomic E-state index is 10.6. The molecule has 0 fully saturated rings. The molecule has 1 aromatic heterocycles. The number of rotatable bonds is 3. The molecule has 0 aliphatic rings. The van der Waals surface area contributed by atoms with Gasteiger partial charge in [0, 0.05) is 4.88 Å². The van der Waals surface area contributed by atoms with E-state index in [1.54, 1.807) is 11.3 Å². The van der Waals surface area contributed by atoms with Gasteiger partial charge in [0.25, 0.3) is 0 Å². The number of amides is 1. The Bertz CT molecular complexity index is 293. The summed E-state index contributed by atoms with van der Waals surface area (Å²) in [6.45, 7) is 4.07. The highest BCUT2D eigenvalue weighted by Crippen LogP contribution is 2.17. The van der Waals surface area contributed by atoms with Crippen molar-refractivity contribution in [2.45, 2.75) is 26.7 Å². The smallest absolute Gasteiger partial charge is 0.224 e. The van der Waals surface area contributed by atoms with Crippen LogP contribution in [0.1, 0.15) is 22.5 Å². The Morgan fingerprint density at radius 1 is 1.67 bits per heavy atom. The van der Waals surface area contributed by atoms with Gasteiger partial charge in [0.15, 0.2) is 0 Å². The highest BCUT2D eigenvalue weighted by molar-refractivity contribution is 7.11. The molecule has 0 aliphatic carbocycles. The molecule has 0 unspecified atom stereocenters. The third-order valence-corrected chi connectivity index (χ3v) is 2.61. The van der Waals surface area contributed by atoms with Crippen LogP contribution in [0.4, 0.5) is 0 Å². The Kier molecular flexibility index (Phi) is 2.81. The first-order valence-electron chi connectivity index (χ1n) is 3.87. The van der Waals surface area contributed by atoms with Gasteiger partial charge in [-0.1, -0.05) is 6.92 Å². The molecule has 0 aromatic carbocycles. The minimum absolute atomic E-state index is 0.269. The number of hydrogen-bond donors (Lipinski definition) is 1. The van der Waals surface area contributed by atoms with Crippen LogP contribution in [0.2, 0.25) is 0 Å². The van der Waals surface area contributed by atoms with Crippen molar-refractivity contribution >= 4 is 17.2 Å². The van der Waals surface area contributed by atoms with Crippen molar-refractivity contribution < 1.29 is 4.79 Å². The highest BCUT2D eigenvalue weighted by atomic mass is 32.1. The van der Waals surface area contributed by atoms with Crippen LogP contribution in [0.15, 0.2) is 0 Å². The second kappa shape index (κ2) is 3.67. The summed E-state index contributed by atoms with van der Waals surface area (Å²) in [5.41, 5.74) is 6.13. The van der Waals surface area contributed by atoms with Gasteiger partial charge in [-0.15, -0.1) is 11.3 Å². The Labute approximate surface area is 75.6 Å². The molecule has 1 aromatic rings. The molecule has 1 heterocycles. The van der Waals surface area contributed by atoms with Crippen molar-refractivity contribution in [3.8, 4) is 0 Å². The average Bonchev–Trinajstić information content (AvgIpc) is 2.29. The van der Waals surface area contributed by atoms with Gasteiger partial charge in [-0.25, -0.2) is 4.98 Å². The van der Waals surface area contributed by atoms with E-state index in [4.69, 9.17) is 5.73 Å². The molecule has 0 aliphatic heterocycles. The summed E-state index contributed by atoms with van der Waals surface area (Å²) in [6.07, 6.45) is 1.19. The van der Waals surface area contributed by atoms with Crippen LogP contribution in [0.3, 0.4) is 0 Å². The van der Waals surface area contributed by atoms with Gasteiger partial charge >= 0.3 is 0 Å². The fraction of sp³-hybridized carbons (Fsp3) is 0.500. The van der Waals surface area contributed by atoms with Gasteiger partial charge in [0.1, 0.15) is 5.01 Å². The lowest BCUT2D eigenvalue weighted by atomic mass is 10.3. The molecule has 0 atom stereocenters. The van der Waals surface area contributed by atoms with E-state index in [1.165, 1.54) is 4.88 Å². The Morgan fingerprint density at radius 2 is 2.33 bits per heavy atom. The summed E-state index contributed by atoms with van der Waals surface area (Å²) >= 11 is 1.56. The second-order valence-electron chi connectivity index (χ2n) is 2.61. The first-order chi connectivity index (χ1) is 5.63. The topological polar surface area (TPSA) is 56.0 Å². The van der Waals surface area contributed by atoms with E-state index in [-0.39, 0.29) is 12.3 Å². The lowest BCUT2D eigenvalue weighted by Gasteiger charge is -1.88. The molecule has 0 saturated heterocycles. The van der Waals surface area contributed by atoms with Crippen LogP contribution in [0, 0.1) is 6.92 Å². The Hall–Kier alpha value is -0.900. The minimum atomic E-state index is -0.314. The van der Waals surface area contributed by atoms with Crippen LogP contribution in [-0.4, -0.2) is 10.9 Å². The zero-order valence-electron chi connectivity index (χ0n) is 7.26. The number of aryl methyl sites for hydroxylation is 2. The van der Waals surface area contributed by atoms with Crippen molar-refractivity contribution in [3.05, 3.63) is 15.6 Å².